The summed E-state index contributed by atoms with van der Waals surface area (Å²) >= 11 is 0. The van der Waals surface area contributed by atoms with Gasteiger partial charge in [-0.3, -0.25) is 4.79 Å². The van der Waals surface area contributed by atoms with Crippen LogP contribution in [0.5, 0.6) is 0 Å². The molecular weight excluding hydrogens is 264 g/mol. The van der Waals surface area contributed by atoms with Crippen LogP contribution in [0.1, 0.15) is 75.4 Å². The smallest absolute Gasteiger partial charge is 0.254 e. The second-order valence-electron chi connectivity index (χ2n) is 6.39. The zero-order valence-corrected chi connectivity index (χ0v) is 13.0. The average molecular weight is 290 g/mol. The molecule has 1 N–H and O–H groups in total. The average Bonchev–Trinajstić information content (AvgIpc) is 2.74. The van der Waals surface area contributed by atoms with Gasteiger partial charge in [-0.1, -0.05) is 25.7 Å². The number of aryl methyl sites for hydroxylation is 1. The molecule has 0 spiro atoms. The monoisotopic (exact) mass is 290 g/mol. The number of nitrogens with one attached hydrogen (secondary N) is 1. The maximum Gasteiger partial charge on any atom is 0.254 e. The lowest BCUT2D eigenvalue weighted by atomic mass is 9.83. The zero-order valence-electron chi connectivity index (χ0n) is 13.0. The molecule has 2 aliphatic carbocycles. The first-order chi connectivity index (χ1) is 10.2. The highest BCUT2D eigenvalue weighted by Gasteiger charge is 2.37. The molecule has 2 aliphatic rings. The minimum absolute atomic E-state index is 0.0709. The third kappa shape index (κ3) is 2.91. The van der Waals surface area contributed by atoms with Gasteiger partial charge >= 0.3 is 0 Å². The Balaban J connectivity index is 2.02. The molecular formula is C17H26N2O2. The van der Waals surface area contributed by atoms with Gasteiger partial charge in [0, 0.05) is 12.2 Å². The van der Waals surface area contributed by atoms with Crippen molar-refractivity contribution in [3.63, 3.8) is 0 Å². The second kappa shape index (κ2) is 6.30. The molecule has 0 radical (unpaired) electrons. The van der Waals surface area contributed by atoms with Gasteiger partial charge in [0.05, 0.1) is 5.69 Å². The Morgan fingerprint density at radius 1 is 1.10 bits per heavy atom. The van der Waals surface area contributed by atoms with E-state index < -0.39 is 0 Å². The van der Waals surface area contributed by atoms with E-state index in [4.69, 9.17) is 9.72 Å². The molecule has 0 amide bonds. The predicted octanol–water partition coefficient (Wildman–Crippen LogP) is 3.23. The van der Waals surface area contributed by atoms with Crippen molar-refractivity contribution in [2.24, 2.45) is 0 Å². The fourth-order valence-electron chi connectivity index (χ4n) is 3.84. The van der Waals surface area contributed by atoms with Crippen molar-refractivity contribution in [3.05, 3.63) is 27.4 Å². The topological polar surface area (TPSA) is 55.0 Å². The maximum absolute atomic E-state index is 12.5. The van der Waals surface area contributed by atoms with E-state index in [0.29, 0.717) is 6.61 Å². The van der Waals surface area contributed by atoms with Gasteiger partial charge in [-0.2, -0.15) is 0 Å². The molecule has 0 bridgehead atoms. The Bertz CT molecular complexity index is 539. The van der Waals surface area contributed by atoms with Crippen molar-refractivity contribution in [1.29, 1.82) is 0 Å². The summed E-state index contributed by atoms with van der Waals surface area (Å²) in [5, 5.41) is 0. The van der Waals surface area contributed by atoms with E-state index in [9.17, 15) is 4.79 Å². The van der Waals surface area contributed by atoms with Crippen LogP contribution < -0.4 is 5.56 Å². The first-order valence-electron chi connectivity index (χ1n) is 8.52. The van der Waals surface area contributed by atoms with Gasteiger partial charge < -0.3 is 9.72 Å². The van der Waals surface area contributed by atoms with E-state index in [1.807, 2.05) is 6.92 Å². The van der Waals surface area contributed by atoms with Gasteiger partial charge in [0.2, 0.25) is 0 Å². The van der Waals surface area contributed by atoms with Gasteiger partial charge in [-0.15, -0.1) is 0 Å². The Morgan fingerprint density at radius 3 is 2.57 bits per heavy atom. The highest BCUT2D eigenvalue weighted by Crippen LogP contribution is 2.38. The summed E-state index contributed by atoms with van der Waals surface area (Å²) in [6.45, 7) is 2.69. The highest BCUT2D eigenvalue weighted by atomic mass is 16.5. The third-order valence-electron chi connectivity index (χ3n) is 4.95. The number of nitrogens with zero attached hydrogens (tertiary/aromatic N) is 1. The van der Waals surface area contributed by atoms with Crippen LogP contribution in [0.25, 0.3) is 0 Å². The molecule has 1 saturated carbocycles. The quantitative estimate of drug-likeness (QED) is 0.870. The first kappa shape index (κ1) is 14.8. The summed E-state index contributed by atoms with van der Waals surface area (Å²) in [5.41, 5.74) is 1.66. The van der Waals surface area contributed by atoms with E-state index in [2.05, 4.69) is 4.98 Å². The molecule has 0 atom stereocenters. The SMILES string of the molecule is CCOC1(c2nc3c(c(=O)[nH]2)CCCCC3)CCCCC1. The van der Waals surface area contributed by atoms with Crippen LogP contribution in [0.2, 0.25) is 0 Å². The van der Waals surface area contributed by atoms with Crippen LogP contribution in [0.3, 0.4) is 0 Å². The Kier molecular flexibility index (Phi) is 4.43. The van der Waals surface area contributed by atoms with E-state index in [1.54, 1.807) is 0 Å². The van der Waals surface area contributed by atoms with Crippen LogP contribution in [-0.2, 0) is 23.2 Å². The van der Waals surface area contributed by atoms with Gasteiger partial charge in [0.25, 0.3) is 5.56 Å². The zero-order chi connectivity index (χ0) is 14.7. The number of H-pyrrole nitrogens is 1. The second-order valence-corrected chi connectivity index (χ2v) is 6.39. The number of fused-ring (bicyclic) bond motifs is 1. The van der Waals surface area contributed by atoms with Gasteiger partial charge in [0.1, 0.15) is 11.4 Å². The van der Waals surface area contributed by atoms with Crippen LogP contribution in [0.4, 0.5) is 0 Å². The first-order valence-corrected chi connectivity index (χ1v) is 8.52. The Hall–Kier alpha value is -1.16. The van der Waals surface area contributed by atoms with E-state index in [0.717, 1.165) is 68.4 Å². The molecule has 0 aliphatic heterocycles. The lowest BCUT2D eigenvalue weighted by molar-refractivity contribution is -0.0770. The number of aromatic nitrogens is 2. The maximum atomic E-state index is 12.5. The van der Waals surface area contributed by atoms with Crippen molar-refractivity contribution in [3.8, 4) is 0 Å². The number of hydrogen-bond donors (Lipinski definition) is 1. The summed E-state index contributed by atoms with van der Waals surface area (Å²) in [7, 11) is 0. The molecule has 0 aromatic carbocycles. The summed E-state index contributed by atoms with van der Waals surface area (Å²) in [6.07, 6.45) is 10.8. The molecule has 1 aromatic rings. The fourth-order valence-corrected chi connectivity index (χ4v) is 3.84. The highest BCUT2D eigenvalue weighted by molar-refractivity contribution is 5.21. The number of ether oxygens (including phenoxy) is 1. The van der Waals surface area contributed by atoms with Crippen molar-refractivity contribution in [1.82, 2.24) is 9.97 Å². The van der Waals surface area contributed by atoms with Gasteiger partial charge in [0.15, 0.2) is 0 Å². The fraction of sp³-hybridized carbons (Fsp3) is 0.765. The van der Waals surface area contributed by atoms with Crippen LogP contribution in [0, 0.1) is 0 Å². The molecule has 21 heavy (non-hydrogen) atoms. The number of rotatable bonds is 3. The van der Waals surface area contributed by atoms with Crippen LogP contribution in [0.15, 0.2) is 4.79 Å². The summed E-state index contributed by atoms with van der Waals surface area (Å²) in [5.74, 6) is 0.787. The summed E-state index contributed by atoms with van der Waals surface area (Å²) in [4.78, 5) is 20.4. The van der Waals surface area contributed by atoms with E-state index in [1.165, 1.54) is 12.8 Å². The molecule has 1 aromatic heterocycles. The molecule has 1 heterocycles. The van der Waals surface area contributed by atoms with Crippen molar-refractivity contribution in [2.45, 2.75) is 76.7 Å². The molecule has 4 nitrogen and oxygen atoms in total. The Labute approximate surface area is 126 Å². The largest absolute Gasteiger partial charge is 0.367 e. The van der Waals surface area contributed by atoms with Crippen molar-refractivity contribution in [2.75, 3.05) is 6.61 Å². The van der Waals surface area contributed by atoms with Crippen LogP contribution in [-0.4, -0.2) is 16.6 Å². The van der Waals surface area contributed by atoms with Crippen molar-refractivity contribution >= 4 is 0 Å². The lowest BCUT2D eigenvalue weighted by Crippen LogP contribution is -2.37. The van der Waals surface area contributed by atoms with Crippen molar-refractivity contribution < 1.29 is 4.74 Å². The Morgan fingerprint density at radius 2 is 1.81 bits per heavy atom. The molecule has 3 rings (SSSR count). The minimum atomic E-state index is -0.354. The van der Waals surface area contributed by atoms with Gasteiger partial charge in [-0.05, 0) is 45.4 Å². The molecule has 1 fully saturated rings. The number of aromatic amines is 1. The minimum Gasteiger partial charge on any atom is -0.367 e. The molecule has 0 saturated heterocycles. The molecule has 116 valence electrons. The number of hydrogen-bond acceptors (Lipinski definition) is 3. The third-order valence-corrected chi connectivity index (χ3v) is 4.95. The lowest BCUT2D eigenvalue weighted by Gasteiger charge is -2.36. The normalized spacial score (nSPS) is 21.6. The molecule has 0 unspecified atom stereocenters. The summed E-state index contributed by atoms with van der Waals surface area (Å²) < 4.78 is 6.10. The predicted molar refractivity (Wildman–Crippen MR) is 82.5 cm³/mol. The van der Waals surface area contributed by atoms with Crippen LogP contribution >= 0.6 is 0 Å². The van der Waals surface area contributed by atoms with Gasteiger partial charge in [-0.25, -0.2) is 4.98 Å². The standard InChI is InChI=1S/C17H26N2O2/c1-2-21-17(11-7-4-8-12-17)16-18-14-10-6-3-5-9-13(14)15(20)19-16/h2-12H2,1H3,(H,18,19,20). The summed E-state index contributed by atoms with van der Waals surface area (Å²) in [6, 6.07) is 0. The van der Waals surface area contributed by atoms with E-state index >= 15 is 0 Å². The van der Waals surface area contributed by atoms with E-state index in [-0.39, 0.29) is 11.2 Å². The molecule has 4 heteroatoms.